The van der Waals surface area contributed by atoms with Crippen LogP contribution in [0.4, 0.5) is 0 Å². The standard InChI is InChI=1S/C19H24O2/c1-3-4-8-13-19(21-2)14-11-17(12-15-19)18(20)16-9-6-5-7-10-16/h5-7,9-12,14H,3-4,8,13,15H2,1-2H3. The van der Waals surface area contributed by atoms with Crippen LogP contribution in [0, 0.1) is 0 Å². The van der Waals surface area contributed by atoms with E-state index >= 15 is 0 Å². The highest BCUT2D eigenvalue weighted by atomic mass is 16.5. The normalized spacial score (nSPS) is 21.1. The Morgan fingerprint density at radius 3 is 2.57 bits per heavy atom. The number of rotatable bonds is 7. The molecular formula is C19H24O2. The van der Waals surface area contributed by atoms with Gasteiger partial charge in [0.15, 0.2) is 5.78 Å². The first-order valence-electron chi connectivity index (χ1n) is 7.75. The smallest absolute Gasteiger partial charge is 0.192 e. The molecule has 0 fully saturated rings. The molecule has 1 atom stereocenters. The zero-order valence-electron chi connectivity index (χ0n) is 13.0. The van der Waals surface area contributed by atoms with Crippen LogP contribution in [-0.4, -0.2) is 18.5 Å². The SMILES string of the molecule is CCCCCC1(OC)C=CC(C(=O)c2ccccc2)=CC1. The second-order valence-corrected chi connectivity index (χ2v) is 5.62. The Morgan fingerprint density at radius 2 is 2.00 bits per heavy atom. The first-order chi connectivity index (χ1) is 10.2. The van der Waals surface area contributed by atoms with E-state index in [2.05, 4.69) is 13.0 Å². The Bertz CT molecular complexity index is 528. The number of hydrogen-bond acceptors (Lipinski definition) is 2. The van der Waals surface area contributed by atoms with Gasteiger partial charge in [-0.25, -0.2) is 0 Å². The number of ketones is 1. The highest BCUT2D eigenvalue weighted by Crippen LogP contribution is 2.30. The molecule has 0 heterocycles. The summed E-state index contributed by atoms with van der Waals surface area (Å²) in [5.41, 5.74) is 1.28. The van der Waals surface area contributed by atoms with Crippen LogP contribution < -0.4 is 0 Å². The molecule has 0 amide bonds. The van der Waals surface area contributed by atoms with Gasteiger partial charge < -0.3 is 4.74 Å². The van der Waals surface area contributed by atoms with E-state index in [1.54, 1.807) is 7.11 Å². The second kappa shape index (κ2) is 7.37. The van der Waals surface area contributed by atoms with Gasteiger partial charge in [-0.15, -0.1) is 0 Å². The van der Waals surface area contributed by atoms with Gasteiger partial charge in [0.25, 0.3) is 0 Å². The number of ether oxygens (including phenoxy) is 1. The summed E-state index contributed by atoms with van der Waals surface area (Å²) < 4.78 is 5.72. The fourth-order valence-corrected chi connectivity index (χ4v) is 2.70. The monoisotopic (exact) mass is 284 g/mol. The molecule has 0 saturated heterocycles. The van der Waals surface area contributed by atoms with Gasteiger partial charge in [-0.2, -0.15) is 0 Å². The summed E-state index contributed by atoms with van der Waals surface area (Å²) >= 11 is 0. The van der Waals surface area contributed by atoms with Gasteiger partial charge in [-0.1, -0.05) is 74.7 Å². The quantitative estimate of drug-likeness (QED) is 0.535. The Kier molecular flexibility index (Phi) is 5.51. The first-order valence-corrected chi connectivity index (χ1v) is 7.75. The maximum atomic E-state index is 12.4. The van der Waals surface area contributed by atoms with Gasteiger partial charge in [0.1, 0.15) is 0 Å². The highest BCUT2D eigenvalue weighted by Gasteiger charge is 2.28. The predicted molar refractivity (Wildman–Crippen MR) is 86.5 cm³/mol. The zero-order chi connectivity index (χ0) is 15.1. The van der Waals surface area contributed by atoms with Gasteiger partial charge in [0.2, 0.25) is 0 Å². The summed E-state index contributed by atoms with van der Waals surface area (Å²) in [6, 6.07) is 9.42. The molecule has 1 unspecified atom stereocenters. The van der Waals surface area contributed by atoms with Gasteiger partial charge in [-0.3, -0.25) is 4.79 Å². The zero-order valence-corrected chi connectivity index (χ0v) is 13.0. The molecule has 0 radical (unpaired) electrons. The molecule has 2 nitrogen and oxygen atoms in total. The number of carbonyl (C=O) groups excluding carboxylic acids is 1. The molecular weight excluding hydrogens is 260 g/mol. The van der Waals surface area contributed by atoms with Crippen molar-refractivity contribution in [3.8, 4) is 0 Å². The average molecular weight is 284 g/mol. The lowest BCUT2D eigenvalue weighted by molar-refractivity contribution is 0.0242. The van der Waals surface area contributed by atoms with E-state index in [4.69, 9.17) is 4.74 Å². The number of methoxy groups -OCH3 is 1. The molecule has 0 saturated carbocycles. The number of benzene rings is 1. The van der Waals surface area contributed by atoms with E-state index in [9.17, 15) is 4.79 Å². The minimum Gasteiger partial charge on any atom is -0.374 e. The molecule has 21 heavy (non-hydrogen) atoms. The second-order valence-electron chi connectivity index (χ2n) is 5.62. The van der Waals surface area contributed by atoms with Gasteiger partial charge in [0, 0.05) is 18.2 Å². The minimum absolute atomic E-state index is 0.0881. The fourth-order valence-electron chi connectivity index (χ4n) is 2.70. The topological polar surface area (TPSA) is 26.3 Å². The average Bonchev–Trinajstić information content (AvgIpc) is 2.56. The predicted octanol–water partition coefficient (Wildman–Crippen LogP) is 4.72. The summed E-state index contributed by atoms with van der Waals surface area (Å²) in [6.07, 6.45) is 11.4. The summed E-state index contributed by atoms with van der Waals surface area (Å²) in [5, 5.41) is 0. The summed E-state index contributed by atoms with van der Waals surface area (Å²) in [5.74, 6) is 0.0881. The van der Waals surface area contributed by atoms with Crippen LogP contribution in [0.3, 0.4) is 0 Å². The number of allylic oxidation sites excluding steroid dienone is 2. The lowest BCUT2D eigenvalue weighted by atomic mass is 9.85. The van der Waals surface area contributed by atoms with Gasteiger partial charge in [0.05, 0.1) is 5.60 Å². The number of Topliss-reactive ketones (excluding diaryl/α,β-unsaturated/α-hetero) is 1. The summed E-state index contributed by atoms with van der Waals surface area (Å²) in [4.78, 5) is 12.4. The number of hydrogen-bond donors (Lipinski definition) is 0. The third-order valence-electron chi connectivity index (χ3n) is 4.14. The van der Waals surface area contributed by atoms with Crippen LogP contribution in [0.25, 0.3) is 0 Å². The lowest BCUT2D eigenvalue weighted by Crippen LogP contribution is -2.30. The van der Waals surface area contributed by atoms with Crippen molar-refractivity contribution in [1.29, 1.82) is 0 Å². The third-order valence-corrected chi connectivity index (χ3v) is 4.14. The van der Waals surface area contributed by atoms with E-state index in [1.165, 1.54) is 12.8 Å². The van der Waals surface area contributed by atoms with E-state index in [-0.39, 0.29) is 11.4 Å². The highest BCUT2D eigenvalue weighted by molar-refractivity contribution is 6.10. The van der Waals surface area contributed by atoms with Crippen molar-refractivity contribution in [2.45, 2.75) is 44.6 Å². The molecule has 2 rings (SSSR count). The van der Waals surface area contributed by atoms with Crippen molar-refractivity contribution >= 4 is 5.78 Å². The third kappa shape index (κ3) is 3.92. The van der Waals surface area contributed by atoms with E-state index in [0.29, 0.717) is 0 Å². The van der Waals surface area contributed by atoms with Crippen molar-refractivity contribution in [2.75, 3.05) is 7.11 Å². The Balaban J connectivity index is 2.04. The van der Waals surface area contributed by atoms with E-state index in [1.807, 2.05) is 42.5 Å². The van der Waals surface area contributed by atoms with Crippen LogP contribution in [0.2, 0.25) is 0 Å². The maximum Gasteiger partial charge on any atom is 0.192 e. The van der Waals surface area contributed by atoms with Crippen LogP contribution in [0.1, 0.15) is 49.4 Å². The van der Waals surface area contributed by atoms with Crippen LogP contribution in [0.5, 0.6) is 0 Å². The molecule has 0 aliphatic heterocycles. The molecule has 1 aromatic carbocycles. The van der Waals surface area contributed by atoms with Crippen LogP contribution >= 0.6 is 0 Å². The van der Waals surface area contributed by atoms with Crippen molar-refractivity contribution in [3.05, 3.63) is 59.7 Å². The molecule has 0 spiro atoms. The van der Waals surface area contributed by atoms with Crippen molar-refractivity contribution < 1.29 is 9.53 Å². The lowest BCUT2D eigenvalue weighted by Gasteiger charge is -2.31. The van der Waals surface area contributed by atoms with E-state index < -0.39 is 0 Å². The number of unbranched alkanes of at least 4 members (excludes halogenated alkanes) is 2. The molecule has 1 aliphatic carbocycles. The molecule has 1 aliphatic rings. The number of carbonyl (C=O) groups is 1. The molecule has 0 aromatic heterocycles. The Labute approximate surface area is 127 Å². The molecule has 0 N–H and O–H groups in total. The first kappa shape index (κ1) is 15.7. The maximum absolute atomic E-state index is 12.4. The summed E-state index contributed by atoms with van der Waals surface area (Å²) in [7, 11) is 1.76. The largest absolute Gasteiger partial charge is 0.374 e. The summed E-state index contributed by atoms with van der Waals surface area (Å²) in [6.45, 7) is 2.20. The van der Waals surface area contributed by atoms with Crippen LogP contribution in [-0.2, 0) is 4.74 Å². The van der Waals surface area contributed by atoms with Crippen molar-refractivity contribution in [1.82, 2.24) is 0 Å². The fraction of sp³-hybridized carbons (Fsp3) is 0.421. The molecule has 1 aromatic rings. The molecule has 0 bridgehead atoms. The molecule has 2 heteroatoms. The Hall–Kier alpha value is -1.67. The van der Waals surface area contributed by atoms with Crippen molar-refractivity contribution in [3.63, 3.8) is 0 Å². The Morgan fingerprint density at radius 1 is 1.24 bits per heavy atom. The minimum atomic E-state index is -0.227. The van der Waals surface area contributed by atoms with Gasteiger partial charge >= 0.3 is 0 Å². The van der Waals surface area contributed by atoms with Crippen molar-refractivity contribution in [2.24, 2.45) is 0 Å². The van der Waals surface area contributed by atoms with Crippen LogP contribution in [0.15, 0.2) is 54.1 Å². The van der Waals surface area contributed by atoms with Gasteiger partial charge in [-0.05, 0) is 12.8 Å². The van der Waals surface area contributed by atoms with E-state index in [0.717, 1.165) is 30.4 Å². The molecule has 112 valence electrons.